The maximum atomic E-state index is 2.61. The number of nitrogens with zero attached hydrogens (tertiary/aromatic N) is 1. The van der Waals surface area contributed by atoms with Gasteiger partial charge in [-0.3, -0.25) is 0 Å². The Kier molecular flexibility index (Phi) is 5.95. The molecule has 2 heteroatoms. The van der Waals surface area contributed by atoms with Gasteiger partial charge in [0.05, 0.1) is 0 Å². The molecule has 1 fully saturated rings. The highest BCUT2D eigenvalue weighted by Crippen LogP contribution is 2.24. The molecule has 1 atom stereocenters. The zero-order valence-electron chi connectivity index (χ0n) is 9.96. The van der Waals surface area contributed by atoms with Crippen molar-refractivity contribution in [1.82, 2.24) is 4.90 Å². The summed E-state index contributed by atoms with van der Waals surface area (Å²) in [6.45, 7) is 4.63. The van der Waals surface area contributed by atoms with Crippen LogP contribution in [0.1, 0.15) is 46.0 Å². The normalized spacial score (nSPS) is 20.6. The molecule has 0 saturated heterocycles. The molecule has 1 aliphatic rings. The first-order valence-corrected chi connectivity index (χ1v) is 7.20. The minimum Gasteiger partial charge on any atom is -0.301 e. The molecular weight excluding hydrogens is 190 g/mol. The van der Waals surface area contributed by atoms with Crippen LogP contribution in [0.3, 0.4) is 0 Å². The largest absolute Gasteiger partial charge is 0.301 e. The summed E-state index contributed by atoms with van der Waals surface area (Å²) in [6.07, 6.45) is 7.12. The summed E-state index contributed by atoms with van der Waals surface area (Å²) in [7, 11) is 2.32. The third-order valence-electron chi connectivity index (χ3n) is 3.48. The zero-order valence-corrected chi connectivity index (χ0v) is 10.8. The van der Waals surface area contributed by atoms with Crippen molar-refractivity contribution < 1.29 is 0 Å². The predicted octanol–water partition coefficient (Wildman–Crippen LogP) is 3.39. The van der Waals surface area contributed by atoms with E-state index in [1.54, 1.807) is 0 Å². The van der Waals surface area contributed by atoms with Crippen LogP contribution in [0.25, 0.3) is 0 Å². The van der Waals surface area contributed by atoms with Crippen molar-refractivity contribution in [3.63, 3.8) is 0 Å². The first-order valence-electron chi connectivity index (χ1n) is 6.05. The Bertz CT molecular complexity index is 143. The molecular formula is C12H25NS. The van der Waals surface area contributed by atoms with Crippen LogP contribution in [-0.4, -0.2) is 35.5 Å². The van der Waals surface area contributed by atoms with Gasteiger partial charge in [-0.2, -0.15) is 11.8 Å². The summed E-state index contributed by atoms with van der Waals surface area (Å²) in [4.78, 5) is 2.61. The highest BCUT2D eigenvalue weighted by Gasteiger charge is 2.22. The smallest absolute Gasteiger partial charge is 0.00950 e. The Morgan fingerprint density at radius 3 is 2.57 bits per heavy atom. The average Bonchev–Trinajstić information content (AvgIpc) is 2.69. The molecule has 0 heterocycles. The van der Waals surface area contributed by atoms with E-state index in [0.717, 1.165) is 12.1 Å². The standard InChI is InChI=1S/C12H25NS/c1-4-14-10-9-11(2)13(3)12-7-5-6-8-12/h11-12H,4-10H2,1-3H3. The predicted molar refractivity (Wildman–Crippen MR) is 67.1 cm³/mol. The maximum Gasteiger partial charge on any atom is 0.00950 e. The van der Waals surface area contributed by atoms with E-state index >= 15 is 0 Å². The van der Waals surface area contributed by atoms with E-state index in [9.17, 15) is 0 Å². The average molecular weight is 215 g/mol. The lowest BCUT2D eigenvalue weighted by Gasteiger charge is -2.30. The van der Waals surface area contributed by atoms with Crippen molar-refractivity contribution in [2.45, 2.75) is 58.0 Å². The van der Waals surface area contributed by atoms with Gasteiger partial charge >= 0.3 is 0 Å². The monoisotopic (exact) mass is 215 g/mol. The topological polar surface area (TPSA) is 3.24 Å². The summed E-state index contributed by atoms with van der Waals surface area (Å²) >= 11 is 2.07. The molecule has 0 aliphatic heterocycles. The van der Waals surface area contributed by atoms with Crippen molar-refractivity contribution in [3.8, 4) is 0 Å². The molecule has 1 saturated carbocycles. The van der Waals surface area contributed by atoms with Crippen LogP contribution in [0, 0.1) is 0 Å². The molecule has 0 aromatic heterocycles. The van der Waals surface area contributed by atoms with Gasteiger partial charge in [0.2, 0.25) is 0 Å². The van der Waals surface area contributed by atoms with Gasteiger partial charge in [0.1, 0.15) is 0 Å². The second-order valence-corrected chi connectivity index (χ2v) is 5.83. The number of thioether (sulfide) groups is 1. The SMILES string of the molecule is CCSCCC(C)N(C)C1CCCC1. The third kappa shape index (κ3) is 3.82. The molecule has 84 valence electrons. The van der Waals surface area contributed by atoms with Crippen molar-refractivity contribution in [2.24, 2.45) is 0 Å². The molecule has 0 bridgehead atoms. The Labute approximate surface area is 93.6 Å². The third-order valence-corrected chi connectivity index (χ3v) is 4.41. The van der Waals surface area contributed by atoms with Crippen molar-refractivity contribution in [1.29, 1.82) is 0 Å². The van der Waals surface area contributed by atoms with E-state index in [2.05, 4.69) is 37.6 Å². The molecule has 1 nitrogen and oxygen atoms in total. The summed E-state index contributed by atoms with van der Waals surface area (Å²) in [5.41, 5.74) is 0. The maximum absolute atomic E-state index is 2.61. The highest BCUT2D eigenvalue weighted by molar-refractivity contribution is 7.99. The van der Waals surface area contributed by atoms with E-state index in [1.165, 1.54) is 43.6 Å². The highest BCUT2D eigenvalue weighted by atomic mass is 32.2. The fourth-order valence-electron chi connectivity index (χ4n) is 2.27. The Balaban J connectivity index is 2.17. The second kappa shape index (κ2) is 6.73. The van der Waals surface area contributed by atoms with Gasteiger partial charge in [0, 0.05) is 12.1 Å². The second-order valence-electron chi connectivity index (χ2n) is 4.44. The van der Waals surface area contributed by atoms with Gasteiger partial charge in [0.25, 0.3) is 0 Å². The molecule has 0 spiro atoms. The Morgan fingerprint density at radius 2 is 2.00 bits per heavy atom. The van der Waals surface area contributed by atoms with E-state index in [4.69, 9.17) is 0 Å². The van der Waals surface area contributed by atoms with Crippen molar-refractivity contribution >= 4 is 11.8 Å². The van der Waals surface area contributed by atoms with Crippen molar-refractivity contribution in [3.05, 3.63) is 0 Å². The lowest BCUT2D eigenvalue weighted by Crippen LogP contribution is -2.37. The summed E-state index contributed by atoms with van der Waals surface area (Å²) < 4.78 is 0. The number of rotatable bonds is 6. The van der Waals surface area contributed by atoms with Crippen LogP contribution in [0.2, 0.25) is 0 Å². The van der Waals surface area contributed by atoms with Crippen LogP contribution in [0.15, 0.2) is 0 Å². The van der Waals surface area contributed by atoms with Crippen LogP contribution >= 0.6 is 11.8 Å². The minimum atomic E-state index is 0.775. The summed E-state index contributed by atoms with van der Waals surface area (Å²) in [5.74, 6) is 2.59. The molecule has 14 heavy (non-hydrogen) atoms. The first-order chi connectivity index (χ1) is 6.75. The molecule has 0 aromatic carbocycles. The summed E-state index contributed by atoms with van der Waals surface area (Å²) in [5, 5.41) is 0. The number of hydrogen-bond donors (Lipinski definition) is 0. The van der Waals surface area contributed by atoms with Gasteiger partial charge in [-0.1, -0.05) is 19.8 Å². The van der Waals surface area contributed by atoms with Crippen molar-refractivity contribution in [2.75, 3.05) is 18.6 Å². The number of hydrogen-bond acceptors (Lipinski definition) is 2. The molecule has 0 N–H and O–H groups in total. The lowest BCUT2D eigenvalue weighted by atomic mass is 10.1. The molecule has 0 aromatic rings. The van der Waals surface area contributed by atoms with E-state index in [-0.39, 0.29) is 0 Å². The fraction of sp³-hybridized carbons (Fsp3) is 1.00. The van der Waals surface area contributed by atoms with E-state index in [1.807, 2.05) is 0 Å². The molecule has 1 rings (SSSR count). The van der Waals surface area contributed by atoms with Crippen LogP contribution in [0.5, 0.6) is 0 Å². The van der Waals surface area contributed by atoms with Gasteiger partial charge in [0.15, 0.2) is 0 Å². The minimum absolute atomic E-state index is 0.775. The molecule has 1 aliphatic carbocycles. The van der Waals surface area contributed by atoms with E-state index < -0.39 is 0 Å². The van der Waals surface area contributed by atoms with Crippen LogP contribution in [0.4, 0.5) is 0 Å². The first kappa shape index (κ1) is 12.4. The lowest BCUT2D eigenvalue weighted by molar-refractivity contribution is 0.183. The Morgan fingerprint density at radius 1 is 1.36 bits per heavy atom. The molecule has 0 amide bonds. The zero-order chi connectivity index (χ0) is 10.4. The van der Waals surface area contributed by atoms with Gasteiger partial charge in [-0.25, -0.2) is 0 Å². The molecule has 0 radical (unpaired) electrons. The van der Waals surface area contributed by atoms with E-state index in [0.29, 0.717) is 0 Å². The fourth-order valence-corrected chi connectivity index (χ4v) is 3.07. The molecule has 1 unspecified atom stereocenters. The van der Waals surface area contributed by atoms with Gasteiger partial charge < -0.3 is 4.90 Å². The Hall–Kier alpha value is 0.310. The summed E-state index contributed by atoms with van der Waals surface area (Å²) in [6, 6.07) is 1.66. The van der Waals surface area contributed by atoms with Crippen LogP contribution < -0.4 is 0 Å². The van der Waals surface area contributed by atoms with Gasteiger partial charge in [-0.05, 0) is 44.7 Å². The quantitative estimate of drug-likeness (QED) is 0.625. The van der Waals surface area contributed by atoms with Gasteiger partial charge in [-0.15, -0.1) is 0 Å². The van der Waals surface area contributed by atoms with Crippen LogP contribution in [-0.2, 0) is 0 Å².